The largest absolute Gasteiger partial charge is 0.368 e. The topological polar surface area (TPSA) is 85.2 Å². The summed E-state index contributed by atoms with van der Waals surface area (Å²) in [5, 5.41) is 21.5. The molecule has 0 aliphatic carbocycles. The van der Waals surface area contributed by atoms with Crippen LogP contribution in [-0.2, 0) is 11.2 Å². The molecule has 7 heteroatoms. The number of ether oxygens (including phenoxy) is 1. The summed E-state index contributed by atoms with van der Waals surface area (Å²) in [6, 6.07) is 16.8. The molecule has 0 bridgehead atoms. The molecular formula is C29H32N6O. The molecule has 3 aromatic rings. The number of nitriles is 1. The molecular weight excluding hydrogens is 448 g/mol. The van der Waals surface area contributed by atoms with E-state index in [1.54, 1.807) is 6.20 Å². The van der Waals surface area contributed by atoms with Crippen molar-refractivity contribution in [1.29, 1.82) is 5.26 Å². The summed E-state index contributed by atoms with van der Waals surface area (Å²) < 4.78 is 6.50. The van der Waals surface area contributed by atoms with Crippen molar-refractivity contribution in [2.24, 2.45) is 0 Å². The first kappa shape index (κ1) is 23.0. The van der Waals surface area contributed by atoms with Crippen molar-refractivity contribution >= 4 is 27.9 Å². The summed E-state index contributed by atoms with van der Waals surface area (Å²) in [4.78, 5) is 6.89. The van der Waals surface area contributed by atoms with E-state index in [0.717, 1.165) is 62.2 Å². The Morgan fingerprint density at radius 3 is 2.89 bits per heavy atom. The number of fused-ring (bicyclic) bond motifs is 2. The highest BCUT2D eigenvalue weighted by atomic mass is 16.5. The van der Waals surface area contributed by atoms with E-state index in [2.05, 4.69) is 75.2 Å². The van der Waals surface area contributed by atoms with Crippen LogP contribution in [0.5, 0.6) is 0 Å². The Labute approximate surface area is 212 Å². The lowest BCUT2D eigenvalue weighted by atomic mass is 9.93. The molecule has 184 valence electrons. The number of nitrogens with one attached hydrogen (secondary N) is 3. The van der Waals surface area contributed by atoms with Gasteiger partial charge in [-0.2, -0.15) is 5.26 Å². The third-order valence-electron chi connectivity index (χ3n) is 7.50. The summed E-state index contributed by atoms with van der Waals surface area (Å²) >= 11 is 0. The Hall–Kier alpha value is -3.44. The van der Waals surface area contributed by atoms with Crippen LogP contribution in [0.4, 0.5) is 11.4 Å². The van der Waals surface area contributed by atoms with E-state index in [0.29, 0.717) is 5.56 Å². The van der Waals surface area contributed by atoms with E-state index in [4.69, 9.17) is 4.74 Å². The van der Waals surface area contributed by atoms with Crippen molar-refractivity contribution in [3.05, 3.63) is 71.4 Å². The number of hydrogen-bond acceptors (Lipinski definition) is 7. The van der Waals surface area contributed by atoms with Crippen LogP contribution in [0.25, 0.3) is 16.5 Å². The Kier molecular flexibility index (Phi) is 6.32. The number of aromatic nitrogens is 1. The van der Waals surface area contributed by atoms with Gasteiger partial charge in [0.1, 0.15) is 18.3 Å². The first-order chi connectivity index (χ1) is 17.7. The second-order valence-electron chi connectivity index (χ2n) is 9.88. The maximum Gasteiger partial charge on any atom is 0.109 e. The summed E-state index contributed by atoms with van der Waals surface area (Å²) in [5.74, 6) is 0. The van der Waals surface area contributed by atoms with Gasteiger partial charge in [-0.05, 0) is 73.3 Å². The van der Waals surface area contributed by atoms with Crippen LogP contribution in [-0.4, -0.2) is 56.1 Å². The summed E-state index contributed by atoms with van der Waals surface area (Å²) in [7, 11) is 0. The summed E-state index contributed by atoms with van der Waals surface area (Å²) in [6.07, 6.45) is 6.17. The van der Waals surface area contributed by atoms with Gasteiger partial charge in [0.05, 0.1) is 17.2 Å². The van der Waals surface area contributed by atoms with E-state index >= 15 is 0 Å². The number of anilines is 2. The minimum absolute atomic E-state index is 0.00322. The standard InChI is InChI=1S/C29H32N6O/c1-19-17-35(26-8-7-21(16-30)28-24(26)5-3-12-32-28)18-27(36-19)29-33-15-11-23-22(4-2-6-25(23)34-29)20-9-13-31-14-10-20/h2-9,12,19,27,29,31,33-34H,10-11,13-15,17-18H2,1H3. The van der Waals surface area contributed by atoms with Crippen molar-refractivity contribution in [2.75, 3.05) is 42.9 Å². The predicted molar refractivity (Wildman–Crippen MR) is 144 cm³/mol. The average molecular weight is 481 g/mol. The predicted octanol–water partition coefficient (Wildman–Crippen LogP) is 3.66. The van der Waals surface area contributed by atoms with Gasteiger partial charge >= 0.3 is 0 Å². The highest BCUT2D eigenvalue weighted by Crippen LogP contribution is 2.33. The van der Waals surface area contributed by atoms with Crippen LogP contribution in [0, 0.1) is 11.3 Å². The molecule has 3 aliphatic heterocycles. The van der Waals surface area contributed by atoms with Crippen LogP contribution < -0.4 is 20.9 Å². The molecule has 36 heavy (non-hydrogen) atoms. The van der Waals surface area contributed by atoms with Crippen molar-refractivity contribution in [2.45, 2.75) is 38.1 Å². The quantitative estimate of drug-likeness (QED) is 0.528. The highest BCUT2D eigenvalue weighted by molar-refractivity contribution is 5.95. The lowest BCUT2D eigenvalue weighted by molar-refractivity contribution is -0.0298. The second kappa shape index (κ2) is 9.90. The van der Waals surface area contributed by atoms with Gasteiger partial charge in [0.2, 0.25) is 0 Å². The van der Waals surface area contributed by atoms with Gasteiger partial charge in [-0.15, -0.1) is 0 Å². The number of nitrogens with zero attached hydrogens (tertiary/aromatic N) is 3. The van der Waals surface area contributed by atoms with Crippen molar-refractivity contribution in [1.82, 2.24) is 15.6 Å². The van der Waals surface area contributed by atoms with Crippen molar-refractivity contribution in [3.8, 4) is 6.07 Å². The Morgan fingerprint density at radius 2 is 2.03 bits per heavy atom. The molecule has 0 spiro atoms. The number of rotatable bonds is 3. The third-order valence-corrected chi connectivity index (χ3v) is 7.50. The molecule has 1 aromatic heterocycles. The molecule has 3 atom stereocenters. The molecule has 1 saturated heterocycles. The first-order valence-corrected chi connectivity index (χ1v) is 12.9. The first-order valence-electron chi connectivity index (χ1n) is 12.9. The highest BCUT2D eigenvalue weighted by Gasteiger charge is 2.33. The van der Waals surface area contributed by atoms with Gasteiger partial charge in [-0.1, -0.05) is 18.2 Å². The molecule has 0 saturated carbocycles. The number of hydrogen-bond donors (Lipinski definition) is 3. The zero-order valence-electron chi connectivity index (χ0n) is 20.6. The van der Waals surface area contributed by atoms with Gasteiger partial charge in [0, 0.05) is 49.1 Å². The number of morpholine rings is 1. The summed E-state index contributed by atoms with van der Waals surface area (Å²) in [5.41, 5.74) is 7.88. The lowest BCUT2D eigenvalue weighted by Crippen LogP contribution is -2.57. The van der Waals surface area contributed by atoms with Gasteiger partial charge < -0.3 is 20.3 Å². The number of benzene rings is 2. The molecule has 3 unspecified atom stereocenters. The van der Waals surface area contributed by atoms with Crippen molar-refractivity contribution < 1.29 is 4.74 Å². The van der Waals surface area contributed by atoms with Crippen molar-refractivity contribution in [3.63, 3.8) is 0 Å². The SMILES string of the molecule is CC1CN(c2ccc(C#N)c3ncccc23)CC(C2NCCc3c(cccc3C3=CCNCC3)N2)O1. The molecule has 3 aliphatic rings. The van der Waals surface area contributed by atoms with Crippen LogP contribution >= 0.6 is 0 Å². The summed E-state index contributed by atoms with van der Waals surface area (Å²) in [6.45, 7) is 6.54. The Morgan fingerprint density at radius 1 is 1.08 bits per heavy atom. The molecule has 4 heterocycles. The fourth-order valence-electron chi connectivity index (χ4n) is 5.85. The Bertz CT molecular complexity index is 1350. The number of pyridine rings is 1. The minimum atomic E-state index is -0.0381. The van der Waals surface area contributed by atoms with E-state index in [-0.39, 0.29) is 18.4 Å². The molecule has 2 aromatic carbocycles. The van der Waals surface area contributed by atoms with Crippen LogP contribution in [0.1, 0.15) is 30.0 Å². The molecule has 7 nitrogen and oxygen atoms in total. The average Bonchev–Trinajstić information content (AvgIpc) is 3.15. The zero-order chi connectivity index (χ0) is 24.5. The van der Waals surface area contributed by atoms with Crippen LogP contribution in [0.15, 0.2) is 54.7 Å². The molecule has 1 fully saturated rings. The lowest BCUT2D eigenvalue weighted by Gasteiger charge is -2.42. The fourth-order valence-corrected chi connectivity index (χ4v) is 5.85. The second-order valence-corrected chi connectivity index (χ2v) is 9.88. The maximum atomic E-state index is 9.55. The van der Waals surface area contributed by atoms with E-state index in [9.17, 15) is 5.26 Å². The fraction of sp³-hybridized carbons (Fsp3) is 0.379. The van der Waals surface area contributed by atoms with Gasteiger partial charge in [0.25, 0.3) is 0 Å². The monoisotopic (exact) mass is 480 g/mol. The Balaban J connectivity index is 1.28. The maximum absolute atomic E-state index is 9.55. The van der Waals surface area contributed by atoms with Gasteiger partial charge in [-0.3, -0.25) is 10.3 Å². The molecule has 6 rings (SSSR count). The smallest absolute Gasteiger partial charge is 0.109 e. The normalized spacial score (nSPS) is 24.3. The van der Waals surface area contributed by atoms with E-state index < -0.39 is 0 Å². The van der Waals surface area contributed by atoms with Gasteiger partial charge in [0.15, 0.2) is 0 Å². The van der Waals surface area contributed by atoms with Crippen LogP contribution in [0.3, 0.4) is 0 Å². The zero-order valence-corrected chi connectivity index (χ0v) is 20.6. The molecule has 0 radical (unpaired) electrons. The van der Waals surface area contributed by atoms with E-state index in [1.807, 2.05) is 12.1 Å². The minimum Gasteiger partial charge on any atom is -0.368 e. The molecule has 0 amide bonds. The van der Waals surface area contributed by atoms with Crippen LogP contribution in [0.2, 0.25) is 0 Å². The van der Waals surface area contributed by atoms with E-state index in [1.165, 1.54) is 22.4 Å². The third kappa shape index (κ3) is 4.33. The van der Waals surface area contributed by atoms with Gasteiger partial charge in [-0.25, -0.2) is 0 Å². The molecule has 3 N–H and O–H groups in total.